The Labute approximate surface area is 145 Å². The Morgan fingerprint density at radius 2 is 2.12 bits per heavy atom. The summed E-state index contributed by atoms with van der Waals surface area (Å²) in [6.45, 7) is 0.404. The molecule has 0 aromatic carbocycles. The third-order valence-electron chi connectivity index (χ3n) is 5.01. The molecule has 0 radical (unpaired) electrons. The molecule has 2 aromatic heterocycles. The molecule has 25 heavy (non-hydrogen) atoms. The summed E-state index contributed by atoms with van der Waals surface area (Å²) in [6.07, 6.45) is 6.06. The average molecular weight is 340 g/mol. The lowest BCUT2D eigenvalue weighted by molar-refractivity contribution is -0.127. The van der Waals surface area contributed by atoms with E-state index in [2.05, 4.69) is 15.5 Å². The van der Waals surface area contributed by atoms with Crippen molar-refractivity contribution in [3.05, 3.63) is 47.6 Å². The van der Waals surface area contributed by atoms with Crippen molar-refractivity contribution in [3.8, 4) is 0 Å². The number of amides is 2. The van der Waals surface area contributed by atoms with Crippen LogP contribution < -0.4 is 5.32 Å². The normalized spacial score (nSPS) is 23.1. The van der Waals surface area contributed by atoms with Gasteiger partial charge >= 0.3 is 0 Å². The fourth-order valence-corrected chi connectivity index (χ4v) is 3.47. The minimum atomic E-state index is -0.283. The summed E-state index contributed by atoms with van der Waals surface area (Å²) in [6, 6.07) is 5.48. The number of carbonyl (C=O) groups is 2. The highest BCUT2D eigenvalue weighted by Crippen LogP contribution is 2.39. The Morgan fingerprint density at radius 3 is 2.84 bits per heavy atom. The van der Waals surface area contributed by atoms with E-state index in [1.165, 1.54) is 0 Å². The number of likely N-dealkylation sites (tertiary alicyclic amines) is 1. The van der Waals surface area contributed by atoms with Crippen LogP contribution in [0.3, 0.4) is 0 Å². The maximum atomic E-state index is 12.3. The van der Waals surface area contributed by atoms with Crippen molar-refractivity contribution in [2.24, 2.45) is 5.92 Å². The van der Waals surface area contributed by atoms with Crippen LogP contribution in [0.25, 0.3) is 0 Å². The third kappa shape index (κ3) is 3.14. The summed E-state index contributed by atoms with van der Waals surface area (Å²) >= 11 is 0. The number of nitrogens with zero attached hydrogens (tertiary/aromatic N) is 3. The lowest BCUT2D eigenvalue weighted by atomic mass is 9.94. The molecule has 1 saturated heterocycles. The highest BCUT2D eigenvalue weighted by atomic mass is 16.5. The van der Waals surface area contributed by atoms with Crippen molar-refractivity contribution in [2.75, 3.05) is 13.6 Å². The molecule has 1 aliphatic carbocycles. The van der Waals surface area contributed by atoms with Gasteiger partial charge in [-0.15, -0.1) is 0 Å². The predicted molar refractivity (Wildman–Crippen MR) is 88.7 cm³/mol. The van der Waals surface area contributed by atoms with Crippen LogP contribution in [-0.4, -0.2) is 40.4 Å². The second-order valence-corrected chi connectivity index (χ2v) is 6.79. The molecule has 0 bridgehead atoms. The monoisotopic (exact) mass is 340 g/mol. The first-order valence-electron chi connectivity index (χ1n) is 8.54. The van der Waals surface area contributed by atoms with Crippen LogP contribution in [0.1, 0.15) is 53.0 Å². The van der Waals surface area contributed by atoms with Crippen molar-refractivity contribution < 1.29 is 14.1 Å². The molecule has 130 valence electrons. The Hall–Kier alpha value is -2.70. The highest BCUT2D eigenvalue weighted by Gasteiger charge is 2.38. The summed E-state index contributed by atoms with van der Waals surface area (Å²) in [5.41, 5.74) is 1.88. The maximum Gasteiger partial charge on any atom is 0.289 e. The fraction of sp³-hybridized carbons (Fsp3) is 0.444. The van der Waals surface area contributed by atoms with E-state index in [4.69, 9.17) is 4.52 Å². The SMILES string of the molecule is CN1C(=O)C[C@@H](CNC(=O)c2cc(C3CC3)no2)[C@@H]1c1ccncc1. The summed E-state index contributed by atoms with van der Waals surface area (Å²) in [5.74, 6) is 0.490. The zero-order chi connectivity index (χ0) is 17.4. The lowest BCUT2D eigenvalue weighted by Gasteiger charge is -2.25. The van der Waals surface area contributed by atoms with Crippen LogP contribution in [0.4, 0.5) is 0 Å². The second kappa shape index (κ2) is 6.31. The van der Waals surface area contributed by atoms with Gasteiger partial charge in [0.25, 0.3) is 5.91 Å². The lowest BCUT2D eigenvalue weighted by Crippen LogP contribution is -2.32. The standard InChI is InChI=1S/C18H20N4O3/c1-22-16(23)8-13(17(22)12-4-6-19-7-5-12)10-20-18(24)15-9-14(21-25-15)11-2-3-11/h4-7,9,11,13,17H,2-3,8,10H2,1H3,(H,20,24)/t13-,17-/m0/s1. The second-order valence-electron chi connectivity index (χ2n) is 6.79. The molecule has 1 aliphatic heterocycles. The summed E-state index contributed by atoms with van der Waals surface area (Å²) in [5, 5.41) is 6.85. The average Bonchev–Trinajstić information content (AvgIpc) is 3.29. The number of hydrogen-bond acceptors (Lipinski definition) is 5. The van der Waals surface area contributed by atoms with Crippen molar-refractivity contribution in [1.82, 2.24) is 20.4 Å². The smallest absolute Gasteiger partial charge is 0.289 e. The van der Waals surface area contributed by atoms with Gasteiger partial charge in [-0.05, 0) is 30.5 Å². The molecule has 1 saturated carbocycles. The number of carbonyl (C=O) groups excluding carboxylic acids is 2. The Bertz CT molecular complexity index is 785. The molecule has 3 heterocycles. The van der Waals surface area contributed by atoms with Crippen LogP contribution in [0.5, 0.6) is 0 Å². The Morgan fingerprint density at radius 1 is 1.36 bits per heavy atom. The highest BCUT2D eigenvalue weighted by molar-refractivity contribution is 5.91. The van der Waals surface area contributed by atoms with Gasteiger partial charge in [-0.3, -0.25) is 14.6 Å². The van der Waals surface area contributed by atoms with Gasteiger partial charge < -0.3 is 14.7 Å². The largest absolute Gasteiger partial charge is 0.351 e. The van der Waals surface area contributed by atoms with E-state index in [9.17, 15) is 9.59 Å². The molecule has 0 spiro atoms. The van der Waals surface area contributed by atoms with Gasteiger partial charge in [0.1, 0.15) is 0 Å². The zero-order valence-corrected chi connectivity index (χ0v) is 14.0. The van der Waals surface area contributed by atoms with Gasteiger partial charge in [-0.25, -0.2) is 0 Å². The quantitative estimate of drug-likeness (QED) is 0.898. The minimum absolute atomic E-state index is 0.00896. The maximum absolute atomic E-state index is 12.3. The molecule has 2 aliphatic rings. The molecule has 4 rings (SSSR count). The van der Waals surface area contributed by atoms with Gasteiger partial charge in [0.15, 0.2) is 0 Å². The molecular weight excluding hydrogens is 320 g/mol. The van der Waals surface area contributed by atoms with Gasteiger partial charge in [0.2, 0.25) is 11.7 Å². The van der Waals surface area contributed by atoms with Gasteiger partial charge in [0, 0.05) is 50.3 Å². The first kappa shape index (κ1) is 15.8. The predicted octanol–water partition coefficient (Wildman–Crippen LogP) is 1.90. The van der Waals surface area contributed by atoms with E-state index in [1.54, 1.807) is 30.4 Å². The number of pyridine rings is 1. The minimum Gasteiger partial charge on any atom is -0.351 e. The van der Waals surface area contributed by atoms with Crippen molar-refractivity contribution in [1.29, 1.82) is 0 Å². The van der Waals surface area contributed by atoms with E-state index < -0.39 is 0 Å². The molecule has 0 unspecified atom stereocenters. The number of aromatic nitrogens is 2. The van der Waals surface area contributed by atoms with Crippen molar-refractivity contribution in [3.63, 3.8) is 0 Å². The summed E-state index contributed by atoms with van der Waals surface area (Å²) in [7, 11) is 1.80. The Kier molecular flexibility index (Phi) is 3.99. The molecule has 1 N–H and O–H groups in total. The van der Waals surface area contributed by atoms with Crippen LogP contribution in [-0.2, 0) is 4.79 Å². The van der Waals surface area contributed by atoms with Crippen molar-refractivity contribution >= 4 is 11.8 Å². The summed E-state index contributed by atoms with van der Waals surface area (Å²) < 4.78 is 5.15. The Balaban J connectivity index is 1.43. The first-order chi connectivity index (χ1) is 12.1. The number of hydrogen-bond donors (Lipinski definition) is 1. The third-order valence-corrected chi connectivity index (χ3v) is 5.01. The van der Waals surface area contributed by atoms with E-state index in [0.29, 0.717) is 18.9 Å². The number of rotatable bonds is 5. The topological polar surface area (TPSA) is 88.3 Å². The van der Waals surface area contributed by atoms with Crippen LogP contribution >= 0.6 is 0 Å². The van der Waals surface area contributed by atoms with Gasteiger partial charge in [-0.1, -0.05) is 5.16 Å². The fourth-order valence-electron chi connectivity index (χ4n) is 3.47. The van der Waals surface area contributed by atoms with E-state index in [-0.39, 0.29) is 29.5 Å². The number of nitrogens with one attached hydrogen (secondary N) is 1. The van der Waals surface area contributed by atoms with Crippen LogP contribution in [0.15, 0.2) is 35.1 Å². The molecular formula is C18H20N4O3. The van der Waals surface area contributed by atoms with Crippen LogP contribution in [0, 0.1) is 5.92 Å². The summed E-state index contributed by atoms with van der Waals surface area (Å²) in [4.78, 5) is 30.2. The van der Waals surface area contributed by atoms with Gasteiger partial charge in [-0.2, -0.15) is 0 Å². The molecule has 2 fully saturated rings. The molecule has 7 nitrogen and oxygen atoms in total. The molecule has 2 atom stereocenters. The van der Waals surface area contributed by atoms with E-state index >= 15 is 0 Å². The van der Waals surface area contributed by atoms with Crippen LogP contribution in [0.2, 0.25) is 0 Å². The molecule has 7 heteroatoms. The van der Waals surface area contributed by atoms with Gasteiger partial charge in [0.05, 0.1) is 11.7 Å². The van der Waals surface area contributed by atoms with E-state index in [0.717, 1.165) is 24.1 Å². The molecule has 2 aromatic rings. The van der Waals surface area contributed by atoms with E-state index in [1.807, 2.05) is 12.1 Å². The molecule has 2 amide bonds. The first-order valence-corrected chi connectivity index (χ1v) is 8.54. The van der Waals surface area contributed by atoms with Crippen molar-refractivity contribution in [2.45, 2.75) is 31.2 Å². The zero-order valence-electron chi connectivity index (χ0n) is 14.0.